The van der Waals surface area contributed by atoms with Crippen LogP contribution in [-0.4, -0.2) is 48.5 Å². The highest BCUT2D eigenvalue weighted by molar-refractivity contribution is 6.25. The van der Waals surface area contributed by atoms with E-state index >= 15 is 0 Å². The zero-order chi connectivity index (χ0) is 20.5. The number of hydrogen-bond donors (Lipinski definition) is 1. The second kappa shape index (κ2) is 7.30. The second-order valence-corrected chi connectivity index (χ2v) is 6.43. The predicted molar refractivity (Wildman–Crippen MR) is 99.7 cm³/mol. The Labute approximate surface area is 164 Å². The molecule has 148 valence electrons. The fraction of sp³-hybridized carbons (Fsp3) is 0.211. The topological polar surface area (TPSA) is 104 Å². The Kier molecular flexibility index (Phi) is 4.67. The van der Waals surface area contributed by atoms with Crippen LogP contribution < -0.4 is 15.0 Å². The molecule has 2 aliphatic heterocycles. The number of carbonyl (C=O) groups excluding carboxylic acids is 3. The molecule has 0 unspecified atom stereocenters. The van der Waals surface area contributed by atoms with Gasteiger partial charge in [0.2, 0.25) is 5.91 Å². The summed E-state index contributed by atoms with van der Waals surface area (Å²) in [6, 6.07) is 9.80. The highest BCUT2D eigenvalue weighted by atomic mass is 19.1. The van der Waals surface area contributed by atoms with E-state index < -0.39 is 35.6 Å². The van der Waals surface area contributed by atoms with Gasteiger partial charge in [-0.25, -0.2) is 9.29 Å². The molecule has 9 nitrogen and oxygen atoms in total. The smallest absolute Gasteiger partial charge is 0.263 e. The van der Waals surface area contributed by atoms with Crippen LogP contribution in [0, 0.1) is 5.82 Å². The lowest BCUT2D eigenvalue weighted by Crippen LogP contribution is -2.43. The molecular formula is C19H16FN5O4. The maximum absolute atomic E-state index is 13.2. The van der Waals surface area contributed by atoms with Crippen molar-refractivity contribution < 1.29 is 23.5 Å². The molecule has 3 amide bonds. The molecule has 0 bridgehead atoms. The molecule has 10 heteroatoms. The molecule has 2 aromatic carbocycles. The van der Waals surface area contributed by atoms with Crippen LogP contribution in [0.2, 0.25) is 0 Å². The Morgan fingerprint density at radius 2 is 1.86 bits per heavy atom. The Morgan fingerprint density at radius 3 is 2.59 bits per heavy atom. The van der Waals surface area contributed by atoms with E-state index in [1.165, 1.54) is 24.3 Å². The number of fused-ring (bicyclic) bond motifs is 1. The van der Waals surface area contributed by atoms with Crippen molar-refractivity contribution >= 4 is 29.1 Å². The normalized spacial score (nSPS) is 20.2. The number of carbonyl (C=O) groups is 3. The van der Waals surface area contributed by atoms with Gasteiger partial charge in [0.15, 0.2) is 12.1 Å². The summed E-state index contributed by atoms with van der Waals surface area (Å²) in [6.07, 6.45) is 0. The molecule has 2 atom stereocenters. The average molecular weight is 397 g/mol. The Morgan fingerprint density at radius 1 is 1.14 bits per heavy atom. The fourth-order valence-electron chi connectivity index (χ4n) is 3.28. The quantitative estimate of drug-likeness (QED) is 0.775. The van der Waals surface area contributed by atoms with Gasteiger partial charge in [-0.1, -0.05) is 17.4 Å². The summed E-state index contributed by atoms with van der Waals surface area (Å²) >= 11 is 0. The highest BCUT2D eigenvalue weighted by Gasteiger charge is 2.55. The zero-order valence-corrected chi connectivity index (χ0v) is 15.3. The molecular weight excluding hydrogens is 381 g/mol. The van der Waals surface area contributed by atoms with E-state index in [0.717, 1.165) is 17.0 Å². The molecule has 0 radical (unpaired) electrons. The first-order valence-corrected chi connectivity index (χ1v) is 8.73. The van der Waals surface area contributed by atoms with Gasteiger partial charge in [0.1, 0.15) is 18.1 Å². The predicted octanol–water partition coefficient (Wildman–Crippen LogP) is 1.77. The van der Waals surface area contributed by atoms with E-state index in [2.05, 4.69) is 15.7 Å². The maximum atomic E-state index is 13.2. The largest absolute Gasteiger partial charge is 0.495 e. The number of para-hydroxylation sites is 2. The minimum absolute atomic E-state index is 0.240. The van der Waals surface area contributed by atoms with Crippen LogP contribution in [0.3, 0.4) is 0 Å². The minimum atomic E-state index is -1.04. The van der Waals surface area contributed by atoms with Crippen molar-refractivity contribution in [2.45, 2.75) is 12.1 Å². The maximum Gasteiger partial charge on any atom is 0.263 e. The van der Waals surface area contributed by atoms with E-state index in [-0.39, 0.29) is 12.2 Å². The second-order valence-electron chi connectivity index (χ2n) is 6.43. The molecule has 0 saturated carbocycles. The summed E-state index contributed by atoms with van der Waals surface area (Å²) in [5, 5.41) is 11.5. The molecule has 1 saturated heterocycles. The number of hydrogen-bond acceptors (Lipinski definition) is 7. The van der Waals surface area contributed by atoms with E-state index in [0.29, 0.717) is 11.4 Å². The number of methoxy groups -OCH3 is 1. The van der Waals surface area contributed by atoms with Gasteiger partial charge in [-0.3, -0.25) is 19.4 Å². The molecule has 0 aromatic heterocycles. The van der Waals surface area contributed by atoms with Crippen LogP contribution in [0.25, 0.3) is 0 Å². The minimum Gasteiger partial charge on any atom is -0.495 e. The molecule has 4 rings (SSSR count). The number of rotatable bonds is 5. The number of nitrogens with one attached hydrogen (secondary N) is 1. The third-order valence-corrected chi connectivity index (χ3v) is 4.63. The first kappa shape index (κ1) is 18.5. The molecule has 0 aliphatic carbocycles. The van der Waals surface area contributed by atoms with E-state index in [9.17, 15) is 18.8 Å². The lowest BCUT2D eigenvalue weighted by Gasteiger charge is -2.20. The summed E-state index contributed by atoms with van der Waals surface area (Å²) in [6.45, 7) is -0.279. The molecule has 2 heterocycles. The van der Waals surface area contributed by atoms with Crippen LogP contribution in [0.15, 0.2) is 58.9 Å². The molecule has 29 heavy (non-hydrogen) atoms. The summed E-state index contributed by atoms with van der Waals surface area (Å²) in [5.41, 5.74) is 0.707. The van der Waals surface area contributed by atoms with E-state index in [1.54, 1.807) is 24.3 Å². The van der Waals surface area contributed by atoms with Crippen molar-refractivity contribution in [3.05, 3.63) is 54.3 Å². The number of halogens is 1. The van der Waals surface area contributed by atoms with Crippen molar-refractivity contribution in [3.8, 4) is 5.75 Å². The average Bonchev–Trinajstić information content (AvgIpc) is 3.23. The standard InChI is InChI=1S/C19H16FN5O4/c1-29-14-5-3-2-4-13(14)21-15(26)10-24-17-16(22-23-24)18(27)25(19(17)28)12-8-6-11(20)7-9-12/h2-9,16-17H,10H2,1H3,(H,21,26)/t16-,17+/m1/s1. The van der Waals surface area contributed by atoms with Crippen LogP contribution in [0.4, 0.5) is 15.8 Å². The number of ether oxygens (including phenoxy) is 1. The number of anilines is 2. The number of nitrogens with zero attached hydrogens (tertiary/aromatic N) is 4. The van der Waals surface area contributed by atoms with E-state index in [4.69, 9.17) is 4.74 Å². The SMILES string of the molecule is COc1ccccc1NC(=O)CN1N=N[C@H]2C(=O)N(c3ccc(F)cc3)C(=O)[C@H]21. The van der Waals surface area contributed by atoms with Gasteiger partial charge in [0.05, 0.1) is 18.5 Å². The first-order chi connectivity index (χ1) is 14.0. The zero-order valence-electron chi connectivity index (χ0n) is 15.3. The monoisotopic (exact) mass is 397 g/mol. The van der Waals surface area contributed by atoms with Gasteiger partial charge in [-0.2, -0.15) is 5.11 Å². The van der Waals surface area contributed by atoms with Gasteiger partial charge in [0, 0.05) is 0 Å². The van der Waals surface area contributed by atoms with Crippen molar-refractivity contribution in [2.24, 2.45) is 10.3 Å². The summed E-state index contributed by atoms with van der Waals surface area (Å²) in [7, 11) is 1.48. The Balaban J connectivity index is 1.49. The molecule has 1 N–H and O–H groups in total. The van der Waals surface area contributed by atoms with Crippen molar-refractivity contribution in [3.63, 3.8) is 0 Å². The highest BCUT2D eigenvalue weighted by Crippen LogP contribution is 2.32. The molecule has 0 spiro atoms. The summed E-state index contributed by atoms with van der Waals surface area (Å²) in [4.78, 5) is 38.8. The summed E-state index contributed by atoms with van der Waals surface area (Å²) < 4.78 is 18.3. The fourth-order valence-corrected chi connectivity index (χ4v) is 3.28. The number of benzene rings is 2. The van der Waals surface area contributed by atoms with Gasteiger partial charge in [0.25, 0.3) is 11.8 Å². The van der Waals surface area contributed by atoms with Gasteiger partial charge < -0.3 is 10.1 Å². The Hall–Kier alpha value is -3.82. The van der Waals surface area contributed by atoms with Crippen molar-refractivity contribution in [1.82, 2.24) is 5.01 Å². The van der Waals surface area contributed by atoms with E-state index in [1.807, 2.05) is 0 Å². The van der Waals surface area contributed by atoms with Crippen molar-refractivity contribution in [2.75, 3.05) is 23.9 Å². The first-order valence-electron chi connectivity index (χ1n) is 8.73. The molecule has 1 fully saturated rings. The van der Waals surface area contributed by atoms with Crippen LogP contribution in [0.5, 0.6) is 5.75 Å². The van der Waals surface area contributed by atoms with Crippen LogP contribution in [0.1, 0.15) is 0 Å². The summed E-state index contributed by atoms with van der Waals surface area (Å²) in [5.74, 6) is -1.59. The molecule has 2 aliphatic rings. The molecule has 2 aromatic rings. The third-order valence-electron chi connectivity index (χ3n) is 4.63. The van der Waals surface area contributed by atoms with Gasteiger partial charge >= 0.3 is 0 Å². The van der Waals surface area contributed by atoms with Gasteiger partial charge in [-0.05, 0) is 36.4 Å². The van der Waals surface area contributed by atoms with Crippen molar-refractivity contribution in [1.29, 1.82) is 0 Å². The van der Waals surface area contributed by atoms with Crippen LogP contribution >= 0.6 is 0 Å². The Bertz CT molecular complexity index is 1010. The lowest BCUT2D eigenvalue weighted by molar-refractivity contribution is -0.123. The number of imide groups is 1. The lowest BCUT2D eigenvalue weighted by atomic mass is 10.1. The van der Waals surface area contributed by atoms with Gasteiger partial charge in [-0.15, -0.1) is 0 Å². The van der Waals surface area contributed by atoms with Crippen LogP contribution in [-0.2, 0) is 14.4 Å². The number of amides is 3. The third kappa shape index (κ3) is 3.28.